The van der Waals surface area contributed by atoms with Crippen molar-refractivity contribution in [3.8, 4) is 5.75 Å². The molecule has 0 unspecified atom stereocenters. The lowest BCUT2D eigenvalue weighted by atomic mass is 10.0. The first kappa shape index (κ1) is 19.0. The molecular formula is C22H29NO2. The van der Waals surface area contributed by atoms with Gasteiger partial charge >= 0.3 is 0 Å². The van der Waals surface area contributed by atoms with Gasteiger partial charge in [-0.3, -0.25) is 4.79 Å². The molecule has 134 valence electrons. The number of nitrogens with one attached hydrogen (secondary N) is 1. The van der Waals surface area contributed by atoms with Crippen LogP contribution in [-0.2, 0) is 4.79 Å². The third-order valence-corrected chi connectivity index (χ3v) is 4.62. The fourth-order valence-corrected chi connectivity index (χ4v) is 2.76. The van der Waals surface area contributed by atoms with Crippen LogP contribution in [-0.4, -0.2) is 12.0 Å². The number of hydrogen-bond donors (Lipinski definition) is 1. The van der Waals surface area contributed by atoms with Crippen molar-refractivity contribution < 1.29 is 9.53 Å². The quantitative estimate of drug-likeness (QED) is 0.768. The molecule has 0 aliphatic heterocycles. The number of carbonyl (C=O) groups is 1. The van der Waals surface area contributed by atoms with Gasteiger partial charge in [-0.1, -0.05) is 49.7 Å². The highest BCUT2D eigenvalue weighted by Gasteiger charge is 2.22. The highest BCUT2D eigenvalue weighted by atomic mass is 16.5. The fourth-order valence-electron chi connectivity index (χ4n) is 2.76. The summed E-state index contributed by atoms with van der Waals surface area (Å²) in [5.41, 5.74) is 4.73. The van der Waals surface area contributed by atoms with Crippen molar-refractivity contribution in [2.75, 3.05) is 0 Å². The Bertz CT molecular complexity index is 706. The van der Waals surface area contributed by atoms with Crippen LogP contribution in [0.5, 0.6) is 5.75 Å². The van der Waals surface area contributed by atoms with Crippen molar-refractivity contribution in [3.63, 3.8) is 0 Å². The monoisotopic (exact) mass is 339 g/mol. The Morgan fingerprint density at radius 3 is 2.20 bits per heavy atom. The molecule has 2 atom stereocenters. The van der Waals surface area contributed by atoms with Gasteiger partial charge in [-0.05, 0) is 62.4 Å². The molecule has 0 saturated carbocycles. The molecule has 0 fully saturated rings. The van der Waals surface area contributed by atoms with E-state index in [0.29, 0.717) is 6.42 Å². The van der Waals surface area contributed by atoms with E-state index in [1.54, 1.807) is 0 Å². The molecule has 0 heterocycles. The van der Waals surface area contributed by atoms with Gasteiger partial charge in [0.2, 0.25) is 0 Å². The van der Waals surface area contributed by atoms with Gasteiger partial charge in [0, 0.05) is 0 Å². The Kier molecular flexibility index (Phi) is 6.63. The first-order valence-corrected chi connectivity index (χ1v) is 9.05. The number of rotatable bonds is 7. The summed E-state index contributed by atoms with van der Waals surface area (Å²) in [6.07, 6.45) is 0.986. The molecule has 1 amide bonds. The minimum atomic E-state index is -0.485. The van der Waals surface area contributed by atoms with Crippen molar-refractivity contribution in [1.29, 1.82) is 0 Å². The second-order valence-corrected chi connectivity index (χ2v) is 6.64. The van der Waals surface area contributed by atoms with Crippen molar-refractivity contribution in [2.24, 2.45) is 0 Å². The molecule has 2 aromatic rings. The average Bonchev–Trinajstić information content (AvgIpc) is 2.61. The molecule has 3 nitrogen and oxygen atoms in total. The van der Waals surface area contributed by atoms with Gasteiger partial charge < -0.3 is 10.1 Å². The molecule has 1 N–H and O–H groups in total. The maximum atomic E-state index is 12.7. The first-order chi connectivity index (χ1) is 11.9. The minimum Gasteiger partial charge on any atom is -0.481 e. The van der Waals surface area contributed by atoms with Gasteiger partial charge in [0.15, 0.2) is 6.10 Å². The maximum Gasteiger partial charge on any atom is 0.261 e. The summed E-state index contributed by atoms with van der Waals surface area (Å²) in [7, 11) is 0. The van der Waals surface area contributed by atoms with Gasteiger partial charge in [0.1, 0.15) is 5.75 Å². The molecule has 3 heteroatoms. The topological polar surface area (TPSA) is 38.3 Å². The molecule has 0 radical (unpaired) electrons. The predicted molar refractivity (Wildman–Crippen MR) is 103 cm³/mol. The second kappa shape index (κ2) is 8.70. The van der Waals surface area contributed by atoms with Crippen molar-refractivity contribution in [3.05, 3.63) is 64.7 Å². The largest absolute Gasteiger partial charge is 0.481 e. The standard InChI is InChI=1S/C22H29NO2/c1-6-20(18-11-8-15(3)9-12-18)23-22(24)21(7-2)25-19-13-10-16(4)17(5)14-19/h8-14,20-21H,6-7H2,1-5H3,(H,23,24)/t20-,21+/m1/s1. The zero-order chi connectivity index (χ0) is 18.4. The van der Waals surface area contributed by atoms with E-state index in [4.69, 9.17) is 4.74 Å². The van der Waals surface area contributed by atoms with E-state index >= 15 is 0 Å². The number of aryl methyl sites for hydroxylation is 3. The summed E-state index contributed by atoms with van der Waals surface area (Å²) in [6.45, 7) is 10.2. The lowest BCUT2D eigenvalue weighted by molar-refractivity contribution is -0.128. The number of amides is 1. The molecule has 0 aliphatic rings. The van der Waals surface area contributed by atoms with Crippen LogP contribution in [0, 0.1) is 20.8 Å². The molecule has 0 aliphatic carbocycles. The van der Waals surface area contributed by atoms with E-state index in [1.807, 2.05) is 32.0 Å². The second-order valence-electron chi connectivity index (χ2n) is 6.64. The molecule has 0 spiro atoms. The van der Waals surface area contributed by atoms with Crippen LogP contribution in [0.2, 0.25) is 0 Å². The van der Waals surface area contributed by atoms with Gasteiger partial charge in [-0.25, -0.2) is 0 Å². The van der Waals surface area contributed by atoms with Crippen LogP contribution in [0.3, 0.4) is 0 Å². The highest BCUT2D eigenvalue weighted by molar-refractivity contribution is 5.81. The number of benzene rings is 2. The summed E-state index contributed by atoms with van der Waals surface area (Å²) in [5.74, 6) is 0.682. The third-order valence-electron chi connectivity index (χ3n) is 4.62. The van der Waals surface area contributed by atoms with E-state index in [9.17, 15) is 4.79 Å². The molecule has 0 saturated heterocycles. The normalized spacial score (nSPS) is 13.2. The summed E-state index contributed by atoms with van der Waals surface area (Å²) < 4.78 is 5.95. The summed E-state index contributed by atoms with van der Waals surface area (Å²) in [4.78, 5) is 12.7. The van der Waals surface area contributed by atoms with E-state index in [-0.39, 0.29) is 11.9 Å². The summed E-state index contributed by atoms with van der Waals surface area (Å²) >= 11 is 0. The van der Waals surface area contributed by atoms with Crippen molar-refractivity contribution in [1.82, 2.24) is 5.32 Å². The Hall–Kier alpha value is -2.29. The molecule has 25 heavy (non-hydrogen) atoms. The molecule has 2 aromatic carbocycles. The Labute approximate surface area is 151 Å². The van der Waals surface area contributed by atoms with Gasteiger partial charge in [-0.15, -0.1) is 0 Å². The number of ether oxygens (including phenoxy) is 1. The van der Waals surface area contributed by atoms with Crippen LogP contribution in [0.25, 0.3) is 0 Å². The first-order valence-electron chi connectivity index (χ1n) is 9.05. The van der Waals surface area contributed by atoms with Crippen LogP contribution >= 0.6 is 0 Å². The lowest BCUT2D eigenvalue weighted by Crippen LogP contribution is -2.39. The minimum absolute atomic E-state index is 0.00510. The van der Waals surface area contributed by atoms with E-state index in [1.165, 1.54) is 16.7 Å². The predicted octanol–water partition coefficient (Wildman–Crippen LogP) is 5.04. The Morgan fingerprint density at radius 1 is 0.960 bits per heavy atom. The molecule has 2 rings (SSSR count). The van der Waals surface area contributed by atoms with Crippen LogP contribution < -0.4 is 10.1 Å². The smallest absolute Gasteiger partial charge is 0.261 e. The highest BCUT2D eigenvalue weighted by Crippen LogP contribution is 2.21. The van der Waals surface area contributed by atoms with Crippen LogP contribution in [0.15, 0.2) is 42.5 Å². The summed E-state index contributed by atoms with van der Waals surface area (Å²) in [6, 6.07) is 14.3. The van der Waals surface area contributed by atoms with Crippen LogP contribution in [0.1, 0.15) is 55.0 Å². The summed E-state index contributed by atoms with van der Waals surface area (Å²) in [5, 5.41) is 3.14. The molecular weight excluding hydrogens is 310 g/mol. The third kappa shape index (κ3) is 5.09. The number of hydrogen-bond acceptors (Lipinski definition) is 2. The van der Waals surface area contributed by atoms with Gasteiger partial charge in [0.05, 0.1) is 6.04 Å². The maximum absolute atomic E-state index is 12.7. The zero-order valence-corrected chi connectivity index (χ0v) is 15.9. The van der Waals surface area contributed by atoms with E-state index < -0.39 is 6.10 Å². The SMILES string of the molecule is CC[C@H](Oc1ccc(C)c(C)c1)C(=O)N[C@H](CC)c1ccc(C)cc1. The van der Waals surface area contributed by atoms with Crippen LogP contribution in [0.4, 0.5) is 0 Å². The molecule has 0 aromatic heterocycles. The zero-order valence-electron chi connectivity index (χ0n) is 15.9. The average molecular weight is 339 g/mol. The fraction of sp³-hybridized carbons (Fsp3) is 0.409. The van der Waals surface area contributed by atoms with E-state index in [0.717, 1.165) is 17.7 Å². The van der Waals surface area contributed by atoms with Crippen molar-refractivity contribution in [2.45, 2.75) is 59.6 Å². The molecule has 0 bridgehead atoms. The van der Waals surface area contributed by atoms with E-state index in [2.05, 4.69) is 50.4 Å². The number of carbonyl (C=O) groups excluding carboxylic acids is 1. The van der Waals surface area contributed by atoms with Gasteiger partial charge in [0.25, 0.3) is 5.91 Å². The Morgan fingerprint density at radius 2 is 1.64 bits per heavy atom. The Balaban J connectivity index is 2.07. The van der Waals surface area contributed by atoms with Crippen molar-refractivity contribution >= 4 is 5.91 Å². The lowest BCUT2D eigenvalue weighted by Gasteiger charge is -2.23. The van der Waals surface area contributed by atoms with Gasteiger partial charge in [-0.2, -0.15) is 0 Å².